The van der Waals surface area contributed by atoms with Gasteiger partial charge in [0.1, 0.15) is 5.82 Å². The third-order valence-electron chi connectivity index (χ3n) is 6.07. The highest BCUT2D eigenvalue weighted by atomic mass is 35.5. The first kappa shape index (κ1) is 24.0. The van der Waals surface area contributed by atoms with E-state index in [9.17, 15) is 12.8 Å². The van der Waals surface area contributed by atoms with E-state index in [4.69, 9.17) is 26.1 Å². The molecule has 2 aromatic carbocycles. The van der Waals surface area contributed by atoms with Crippen LogP contribution >= 0.6 is 23.4 Å². The molecule has 0 bridgehead atoms. The molecule has 0 saturated carbocycles. The van der Waals surface area contributed by atoms with Gasteiger partial charge >= 0.3 is 0 Å². The van der Waals surface area contributed by atoms with Gasteiger partial charge in [0, 0.05) is 30.5 Å². The van der Waals surface area contributed by atoms with Crippen molar-refractivity contribution >= 4 is 44.4 Å². The lowest BCUT2D eigenvalue weighted by atomic mass is 10.2. The number of nitrogens with zero attached hydrogens (tertiary/aromatic N) is 3. The van der Waals surface area contributed by atoms with Crippen LogP contribution in [0.2, 0.25) is 5.02 Å². The summed E-state index contributed by atoms with van der Waals surface area (Å²) in [5.74, 6) is 0.130. The van der Waals surface area contributed by atoms with Gasteiger partial charge in [0.15, 0.2) is 5.16 Å². The second kappa shape index (κ2) is 10.1. The number of hydrogen-bond donors (Lipinski definition) is 0. The molecule has 0 aliphatic carbocycles. The number of thioether (sulfide) groups is 1. The van der Waals surface area contributed by atoms with E-state index in [2.05, 4.69) is 4.57 Å². The first-order chi connectivity index (χ1) is 16.4. The molecule has 3 heterocycles. The molecule has 1 atom stereocenters. The lowest BCUT2D eigenvalue weighted by Crippen LogP contribution is -2.40. The number of halogens is 2. The van der Waals surface area contributed by atoms with Crippen LogP contribution in [0.25, 0.3) is 11.0 Å². The number of benzene rings is 2. The summed E-state index contributed by atoms with van der Waals surface area (Å²) >= 11 is 7.70. The Labute approximate surface area is 207 Å². The van der Waals surface area contributed by atoms with Crippen LogP contribution in [0.15, 0.2) is 46.5 Å². The predicted molar refractivity (Wildman–Crippen MR) is 129 cm³/mol. The summed E-state index contributed by atoms with van der Waals surface area (Å²) in [5.41, 5.74) is 2.27. The highest BCUT2D eigenvalue weighted by Crippen LogP contribution is 2.32. The molecule has 0 amide bonds. The van der Waals surface area contributed by atoms with Gasteiger partial charge < -0.3 is 14.0 Å². The normalized spacial score (nSPS) is 19.8. The molecule has 1 unspecified atom stereocenters. The number of aromatic nitrogens is 2. The average Bonchev–Trinajstić information content (AvgIpc) is 3.47. The summed E-state index contributed by atoms with van der Waals surface area (Å²) < 4.78 is 54.4. The zero-order valence-electron chi connectivity index (χ0n) is 18.5. The van der Waals surface area contributed by atoms with Gasteiger partial charge in [-0.2, -0.15) is 4.31 Å². The van der Waals surface area contributed by atoms with E-state index in [1.54, 1.807) is 18.2 Å². The Bertz CT molecular complexity index is 1290. The van der Waals surface area contributed by atoms with Crippen LogP contribution in [0, 0.1) is 5.82 Å². The third kappa shape index (κ3) is 4.98. The van der Waals surface area contributed by atoms with Crippen molar-refractivity contribution in [3.8, 4) is 0 Å². The van der Waals surface area contributed by atoms with Crippen molar-refractivity contribution in [2.45, 2.75) is 41.3 Å². The number of ether oxygens (including phenoxy) is 2. The van der Waals surface area contributed by atoms with Crippen LogP contribution in [-0.2, 0) is 31.8 Å². The van der Waals surface area contributed by atoms with Gasteiger partial charge in [-0.05, 0) is 48.7 Å². The SMILES string of the molecule is O=S(=O)(c1ccc2c(c1)nc(SCc1ccc(F)cc1Cl)n2CC1CCCO1)N1CCOCC1. The molecule has 34 heavy (non-hydrogen) atoms. The summed E-state index contributed by atoms with van der Waals surface area (Å²) in [5, 5.41) is 1.11. The Balaban J connectivity index is 1.47. The number of morpholine rings is 1. The molecule has 182 valence electrons. The summed E-state index contributed by atoms with van der Waals surface area (Å²) in [4.78, 5) is 5.01. The Kier molecular flexibility index (Phi) is 7.15. The van der Waals surface area contributed by atoms with Gasteiger partial charge in [0.25, 0.3) is 0 Å². The van der Waals surface area contributed by atoms with Gasteiger partial charge in [-0.25, -0.2) is 17.8 Å². The van der Waals surface area contributed by atoms with E-state index in [0.717, 1.165) is 35.7 Å². The molecule has 2 aliphatic heterocycles. The molecular formula is C23H25ClFN3O4S2. The van der Waals surface area contributed by atoms with Crippen molar-refractivity contribution in [3.63, 3.8) is 0 Å². The van der Waals surface area contributed by atoms with Gasteiger partial charge in [-0.1, -0.05) is 29.4 Å². The van der Waals surface area contributed by atoms with Crippen molar-refractivity contribution in [3.05, 3.63) is 52.8 Å². The standard InChI is InChI=1S/C23H25ClFN3O4S2/c24-20-12-17(25)4-3-16(20)15-33-23-26-21-13-19(34(29,30)27-7-10-31-11-8-27)5-6-22(21)28(23)14-18-2-1-9-32-18/h3-6,12-13,18H,1-2,7-11,14-15H2. The fraction of sp³-hybridized carbons (Fsp3) is 0.435. The maximum absolute atomic E-state index is 13.4. The Morgan fingerprint density at radius 2 is 1.97 bits per heavy atom. The fourth-order valence-corrected chi connectivity index (χ4v) is 7.01. The van der Waals surface area contributed by atoms with E-state index in [1.807, 2.05) is 6.07 Å². The molecule has 3 aromatic rings. The number of fused-ring (bicyclic) bond motifs is 1. The van der Waals surface area contributed by atoms with Crippen molar-refractivity contribution in [1.82, 2.24) is 13.9 Å². The van der Waals surface area contributed by atoms with Crippen LogP contribution < -0.4 is 0 Å². The van der Waals surface area contributed by atoms with Crippen LogP contribution in [0.3, 0.4) is 0 Å². The second-order valence-electron chi connectivity index (χ2n) is 8.33. The van der Waals surface area contributed by atoms with Crippen molar-refractivity contribution in [2.24, 2.45) is 0 Å². The van der Waals surface area contributed by atoms with Crippen molar-refractivity contribution < 1.29 is 22.3 Å². The molecule has 1 aromatic heterocycles. The summed E-state index contributed by atoms with van der Waals surface area (Å²) in [6.07, 6.45) is 2.08. The molecule has 2 fully saturated rings. The lowest BCUT2D eigenvalue weighted by molar-refractivity contribution is 0.0730. The molecule has 0 radical (unpaired) electrons. The van der Waals surface area contributed by atoms with Crippen LogP contribution in [0.4, 0.5) is 4.39 Å². The van der Waals surface area contributed by atoms with Crippen molar-refractivity contribution in [2.75, 3.05) is 32.9 Å². The fourth-order valence-electron chi connectivity index (χ4n) is 4.24. The lowest BCUT2D eigenvalue weighted by Gasteiger charge is -2.26. The van der Waals surface area contributed by atoms with Crippen molar-refractivity contribution in [1.29, 1.82) is 0 Å². The second-order valence-corrected chi connectivity index (χ2v) is 11.6. The highest BCUT2D eigenvalue weighted by molar-refractivity contribution is 7.98. The monoisotopic (exact) mass is 525 g/mol. The molecule has 0 N–H and O–H groups in total. The quantitative estimate of drug-likeness (QED) is 0.428. The maximum atomic E-state index is 13.4. The first-order valence-corrected chi connectivity index (χ1v) is 14.0. The molecule has 2 aliphatic rings. The minimum absolute atomic E-state index is 0.0860. The van der Waals surface area contributed by atoms with Crippen LogP contribution in [-0.4, -0.2) is 61.3 Å². The minimum Gasteiger partial charge on any atom is -0.379 e. The Morgan fingerprint density at radius 3 is 2.71 bits per heavy atom. The summed E-state index contributed by atoms with van der Waals surface area (Å²) in [7, 11) is -3.62. The number of rotatable bonds is 7. The minimum atomic E-state index is -3.62. The number of sulfonamides is 1. The summed E-state index contributed by atoms with van der Waals surface area (Å²) in [6, 6.07) is 9.47. The largest absolute Gasteiger partial charge is 0.379 e. The predicted octanol–water partition coefficient (Wildman–Crippen LogP) is 4.32. The number of imidazole rings is 1. The molecule has 0 spiro atoms. The van der Waals surface area contributed by atoms with E-state index in [-0.39, 0.29) is 16.8 Å². The smallest absolute Gasteiger partial charge is 0.243 e. The third-order valence-corrected chi connectivity index (χ3v) is 9.35. The first-order valence-electron chi connectivity index (χ1n) is 11.2. The molecule has 11 heteroatoms. The Hall–Kier alpha value is -1.69. The zero-order chi connectivity index (χ0) is 23.7. The van der Waals surface area contributed by atoms with Gasteiger partial charge in [0.05, 0.1) is 41.8 Å². The number of hydrogen-bond acceptors (Lipinski definition) is 6. The van der Waals surface area contributed by atoms with E-state index >= 15 is 0 Å². The van der Waals surface area contributed by atoms with E-state index < -0.39 is 10.0 Å². The van der Waals surface area contributed by atoms with Crippen LogP contribution in [0.1, 0.15) is 18.4 Å². The Morgan fingerprint density at radius 1 is 1.15 bits per heavy atom. The average molecular weight is 526 g/mol. The van der Waals surface area contributed by atoms with E-state index in [0.29, 0.717) is 49.1 Å². The van der Waals surface area contributed by atoms with E-state index in [1.165, 1.54) is 28.2 Å². The maximum Gasteiger partial charge on any atom is 0.243 e. The molecular weight excluding hydrogens is 501 g/mol. The summed E-state index contributed by atoms with van der Waals surface area (Å²) in [6.45, 7) is 2.84. The van der Waals surface area contributed by atoms with Gasteiger partial charge in [0.2, 0.25) is 10.0 Å². The topological polar surface area (TPSA) is 73.7 Å². The molecule has 2 saturated heterocycles. The zero-order valence-corrected chi connectivity index (χ0v) is 20.8. The van der Waals surface area contributed by atoms with Gasteiger partial charge in [-0.3, -0.25) is 0 Å². The van der Waals surface area contributed by atoms with Gasteiger partial charge in [-0.15, -0.1) is 0 Å². The molecule has 5 rings (SSSR count). The van der Waals surface area contributed by atoms with Crippen LogP contribution in [0.5, 0.6) is 0 Å². The highest BCUT2D eigenvalue weighted by Gasteiger charge is 2.28. The molecule has 7 nitrogen and oxygen atoms in total.